The van der Waals surface area contributed by atoms with Gasteiger partial charge in [-0.15, -0.1) is 0 Å². The monoisotopic (exact) mass is 304 g/mol. The number of nitro benzene ring substituents is 1. The number of hydrogen-bond acceptors (Lipinski definition) is 5. The van der Waals surface area contributed by atoms with Gasteiger partial charge in [0.05, 0.1) is 4.92 Å². The summed E-state index contributed by atoms with van der Waals surface area (Å²) in [6.45, 7) is 4.01. The molecule has 1 atom stereocenters. The number of amides is 1. The van der Waals surface area contributed by atoms with Crippen LogP contribution in [0.15, 0.2) is 18.2 Å². The lowest BCUT2D eigenvalue weighted by Crippen LogP contribution is -2.51. The number of carbonyl (C=O) groups is 1. The molecule has 1 heterocycles. The van der Waals surface area contributed by atoms with Crippen molar-refractivity contribution in [3.05, 3.63) is 33.9 Å². The standard InChI is InChI=1S/C15H20N4O3/c1-10-9-18(7-6-16-10)15(20)11-2-5-13(17-12-3-4-12)14(8-11)19(21)22/h2,5,8,10,12,16-17H,3-4,6-7,9H2,1H3. The zero-order valence-corrected chi connectivity index (χ0v) is 12.5. The van der Waals surface area contributed by atoms with Crippen molar-refractivity contribution in [1.82, 2.24) is 10.2 Å². The smallest absolute Gasteiger partial charge is 0.293 e. The van der Waals surface area contributed by atoms with Crippen LogP contribution in [0, 0.1) is 10.1 Å². The predicted octanol–water partition coefficient (Wildman–Crippen LogP) is 1.60. The van der Waals surface area contributed by atoms with Crippen molar-refractivity contribution in [3.8, 4) is 0 Å². The summed E-state index contributed by atoms with van der Waals surface area (Å²) in [5, 5.41) is 17.7. The van der Waals surface area contributed by atoms with Gasteiger partial charge in [0.15, 0.2) is 0 Å². The first kappa shape index (κ1) is 14.8. The van der Waals surface area contributed by atoms with E-state index in [1.54, 1.807) is 17.0 Å². The summed E-state index contributed by atoms with van der Waals surface area (Å²) in [4.78, 5) is 25.1. The van der Waals surface area contributed by atoms with Crippen LogP contribution in [0.2, 0.25) is 0 Å². The number of hydrogen-bond donors (Lipinski definition) is 2. The summed E-state index contributed by atoms with van der Waals surface area (Å²) < 4.78 is 0. The van der Waals surface area contributed by atoms with Gasteiger partial charge in [-0.1, -0.05) is 0 Å². The van der Waals surface area contributed by atoms with E-state index in [4.69, 9.17) is 0 Å². The fourth-order valence-corrected chi connectivity index (χ4v) is 2.68. The van der Waals surface area contributed by atoms with Crippen molar-refractivity contribution in [1.29, 1.82) is 0 Å². The molecule has 1 unspecified atom stereocenters. The third-order valence-corrected chi connectivity index (χ3v) is 4.03. The highest BCUT2D eigenvalue weighted by Crippen LogP contribution is 2.31. The van der Waals surface area contributed by atoms with E-state index >= 15 is 0 Å². The molecule has 0 aromatic heterocycles. The Labute approximate surface area is 128 Å². The zero-order valence-electron chi connectivity index (χ0n) is 12.5. The molecule has 2 N–H and O–H groups in total. The van der Waals surface area contributed by atoms with Gasteiger partial charge < -0.3 is 15.5 Å². The van der Waals surface area contributed by atoms with Crippen LogP contribution in [-0.2, 0) is 0 Å². The van der Waals surface area contributed by atoms with E-state index in [9.17, 15) is 14.9 Å². The molecule has 1 aliphatic carbocycles. The topological polar surface area (TPSA) is 87.5 Å². The van der Waals surface area contributed by atoms with Crippen LogP contribution in [0.25, 0.3) is 0 Å². The predicted molar refractivity (Wildman–Crippen MR) is 83.1 cm³/mol. The molecule has 1 saturated heterocycles. The molecule has 3 rings (SSSR count). The number of benzene rings is 1. The second kappa shape index (κ2) is 5.92. The quantitative estimate of drug-likeness (QED) is 0.651. The summed E-state index contributed by atoms with van der Waals surface area (Å²) in [5.74, 6) is -0.144. The normalized spacial score (nSPS) is 21.5. The highest BCUT2D eigenvalue weighted by Gasteiger charge is 2.27. The lowest BCUT2D eigenvalue weighted by Gasteiger charge is -2.32. The van der Waals surface area contributed by atoms with Crippen LogP contribution in [0.5, 0.6) is 0 Å². The molecular formula is C15H20N4O3. The summed E-state index contributed by atoms with van der Waals surface area (Å²) in [5.41, 5.74) is 0.848. The van der Waals surface area contributed by atoms with Crippen LogP contribution in [0.4, 0.5) is 11.4 Å². The van der Waals surface area contributed by atoms with Crippen molar-refractivity contribution in [2.75, 3.05) is 25.0 Å². The van der Waals surface area contributed by atoms with Gasteiger partial charge in [0.1, 0.15) is 5.69 Å². The van der Waals surface area contributed by atoms with E-state index in [2.05, 4.69) is 10.6 Å². The first-order valence-electron chi connectivity index (χ1n) is 7.62. The van der Waals surface area contributed by atoms with E-state index in [0.29, 0.717) is 30.4 Å². The lowest BCUT2D eigenvalue weighted by molar-refractivity contribution is -0.384. The molecule has 1 aliphatic heterocycles. The van der Waals surface area contributed by atoms with Crippen molar-refractivity contribution in [2.45, 2.75) is 31.8 Å². The molecule has 1 amide bonds. The maximum atomic E-state index is 12.5. The van der Waals surface area contributed by atoms with Crippen LogP contribution in [0.3, 0.4) is 0 Å². The maximum Gasteiger partial charge on any atom is 0.293 e. The summed E-state index contributed by atoms with van der Waals surface area (Å²) in [6, 6.07) is 5.28. The minimum absolute atomic E-state index is 0.0269. The van der Waals surface area contributed by atoms with Gasteiger partial charge in [-0.25, -0.2) is 0 Å². The average Bonchev–Trinajstić information content (AvgIpc) is 3.30. The average molecular weight is 304 g/mol. The van der Waals surface area contributed by atoms with Crippen LogP contribution in [-0.4, -0.2) is 47.4 Å². The van der Waals surface area contributed by atoms with E-state index in [-0.39, 0.29) is 17.6 Å². The molecule has 22 heavy (non-hydrogen) atoms. The Morgan fingerprint density at radius 2 is 2.23 bits per heavy atom. The molecular weight excluding hydrogens is 284 g/mol. The van der Waals surface area contributed by atoms with E-state index in [1.165, 1.54) is 6.07 Å². The van der Waals surface area contributed by atoms with Crippen molar-refractivity contribution in [3.63, 3.8) is 0 Å². The highest BCUT2D eigenvalue weighted by molar-refractivity contribution is 5.96. The Balaban J connectivity index is 1.82. The molecule has 118 valence electrons. The van der Waals surface area contributed by atoms with Crippen molar-refractivity contribution in [2.24, 2.45) is 0 Å². The molecule has 1 saturated carbocycles. The van der Waals surface area contributed by atoms with Crippen LogP contribution >= 0.6 is 0 Å². The highest BCUT2D eigenvalue weighted by atomic mass is 16.6. The van der Waals surface area contributed by atoms with Gasteiger partial charge in [-0.3, -0.25) is 14.9 Å². The third kappa shape index (κ3) is 3.19. The van der Waals surface area contributed by atoms with Gasteiger partial charge in [0.2, 0.25) is 0 Å². The minimum atomic E-state index is -0.429. The third-order valence-electron chi connectivity index (χ3n) is 4.03. The van der Waals surface area contributed by atoms with Crippen LogP contribution < -0.4 is 10.6 Å². The van der Waals surface area contributed by atoms with E-state index in [0.717, 1.165) is 19.4 Å². The van der Waals surface area contributed by atoms with Gasteiger partial charge in [-0.2, -0.15) is 0 Å². The second-order valence-corrected chi connectivity index (χ2v) is 6.01. The summed E-state index contributed by atoms with van der Waals surface area (Å²) in [7, 11) is 0. The molecule has 7 heteroatoms. The Hall–Kier alpha value is -2.15. The number of nitrogens with zero attached hydrogens (tertiary/aromatic N) is 2. The second-order valence-electron chi connectivity index (χ2n) is 6.01. The Bertz CT molecular complexity index is 600. The summed E-state index contributed by atoms with van der Waals surface area (Å²) in [6.07, 6.45) is 2.08. The molecule has 1 aromatic carbocycles. The molecule has 0 spiro atoms. The van der Waals surface area contributed by atoms with Crippen molar-refractivity contribution >= 4 is 17.3 Å². The number of nitrogens with one attached hydrogen (secondary N) is 2. The Morgan fingerprint density at radius 1 is 1.45 bits per heavy atom. The molecule has 1 aromatic rings. The molecule has 7 nitrogen and oxygen atoms in total. The van der Waals surface area contributed by atoms with Crippen LogP contribution in [0.1, 0.15) is 30.1 Å². The molecule has 2 fully saturated rings. The number of rotatable bonds is 4. The first-order chi connectivity index (χ1) is 10.5. The van der Waals surface area contributed by atoms with E-state index in [1.807, 2.05) is 6.92 Å². The lowest BCUT2D eigenvalue weighted by atomic mass is 10.1. The maximum absolute atomic E-state index is 12.5. The van der Waals surface area contributed by atoms with Gasteiger partial charge in [0.25, 0.3) is 11.6 Å². The van der Waals surface area contributed by atoms with Gasteiger partial charge >= 0.3 is 0 Å². The van der Waals surface area contributed by atoms with Gasteiger partial charge in [0, 0.05) is 43.3 Å². The molecule has 2 aliphatic rings. The fraction of sp³-hybridized carbons (Fsp3) is 0.533. The molecule has 0 bridgehead atoms. The largest absolute Gasteiger partial charge is 0.377 e. The first-order valence-corrected chi connectivity index (χ1v) is 7.62. The van der Waals surface area contributed by atoms with Crippen molar-refractivity contribution < 1.29 is 9.72 Å². The fourth-order valence-electron chi connectivity index (χ4n) is 2.68. The molecule has 0 radical (unpaired) electrons. The number of nitro groups is 1. The number of carbonyl (C=O) groups excluding carboxylic acids is 1. The SMILES string of the molecule is CC1CN(C(=O)c2ccc(NC3CC3)c([N+](=O)[O-])c2)CCN1. The number of anilines is 1. The number of piperazine rings is 1. The zero-order chi connectivity index (χ0) is 15.7. The van der Waals surface area contributed by atoms with E-state index < -0.39 is 4.92 Å². The van der Waals surface area contributed by atoms with Gasteiger partial charge in [-0.05, 0) is 31.9 Å². The Kier molecular flexibility index (Phi) is 3.98. The minimum Gasteiger partial charge on any atom is -0.377 e. The Morgan fingerprint density at radius 3 is 2.86 bits per heavy atom. The summed E-state index contributed by atoms with van der Waals surface area (Å²) >= 11 is 0.